The van der Waals surface area contributed by atoms with Gasteiger partial charge in [0.15, 0.2) is 0 Å². The second-order valence-corrected chi connectivity index (χ2v) is 8.93. The lowest BCUT2D eigenvalue weighted by Gasteiger charge is -2.34. The lowest BCUT2D eigenvalue weighted by molar-refractivity contribution is 0.0650. The van der Waals surface area contributed by atoms with E-state index in [-0.39, 0.29) is 11.8 Å². The fraction of sp³-hybridized carbons (Fsp3) is 0.333. The van der Waals surface area contributed by atoms with Gasteiger partial charge < -0.3 is 4.90 Å². The Kier molecular flexibility index (Phi) is 6.36. The molecule has 3 aromatic rings. The minimum atomic E-state index is -0.157. The summed E-state index contributed by atoms with van der Waals surface area (Å²) in [6, 6.07) is 15.6. The first-order valence-corrected chi connectivity index (χ1v) is 11.9. The molecule has 0 N–H and O–H groups in total. The molecule has 1 aromatic heterocycles. The standard InChI is InChI=1S/C27H29N5O2/c1-20-8-7-11-23-24(20)26(34)32(25(23)33)13-6-5-12-30-14-16-31(17-15-30)27-28-18-22(19-29-27)21-9-3-2-4-10-21/h2-4,7-11,18-19H,5-6,12-17H2,1H3. The fourth-order valence-corrected chi connectivity index (χ4v) is 4.75. The lowest BCUT2D eigenvalue weighted by Crippen LogP contribution is -2.47. The van der Waals surface area contributed by atoms with Gasteiger partial charge in [0.1, 0.15) is 0 Å². The van der Waals surface area contributed by atoms with Crippen LogP contribution in [0.5, 0.6) is 0 Å². The molecule has 7 heteroatoms. The third-order valence-electron chi connectivity index (χ3n) is 6.71. The summed E-state index contributed by atoms with van der Waals surface area (Å²) in [7, 11) is 0. The number of unbranched alkanes of at least 4 members (excludes halogenated alkanes) is 1. The first-order chi connectivity index (χ1) is 16.6. The van der Waals surface area contributed by atoms with Crippen LogP contribution in [-0.4, -0.2) is 70.9 Å². The van der Waals surface area contributed by atoms with E-state index in [0.717, 1.165) is 68.2 Å². The molecule has 34 heavy (non-hydrogen) atoms. The fourth-order valence-electron chi connectivity index (χ4n) is 4.75. The Hall–Kier alpha value is -3.58. The molecule has 0 aliphatic carbocycles. The largest absolute Gasteiger partial charge is 0.338 e. The number of hydrogen-bond acceptors (Lipinski definition) is 6. The Balaban J connectivity index is 1.06. The molecule has 3 heterocycles. The number of imide groups is 1. The smallest absolute Gasteiger partial charge is 0.261 e. The molecule has 0 saturated carbocycles. The molecule has 2 aliphatic rings. The second-order valence-electron chi connectivity index (χ2n) is 8.93. The van der Waals surface area contributed by atoms with Gasteiger partial charge in [-0.25, -0.2) is 9.97 Å². The Bertz CT molecular complexity index is 1170. The summed E-state index contributed by atoms with van der Waals surface area (Å²) < 4.78 is 0. The summed E-state index contributed by atoms with van der Waals surface area (Å²) >= 11 is 0. The van der Waals surface area contributed by atoms with Crippen molar-refractivity contribution in [2.45, 2.75) is 19.8 Å². The highest BCUT2D eigenvalue weighted by Gasteiger charge is 2.35. The summed E-state index contributed by atoms with van der Waals surface area (Å²) in [6.07, 6.45) is 5.55. The van der Waals surface area contributed by atoms with Crippen LogP contribution in [0.25, 0.3) is 11.1 Å². The highest BCUT2D eigenvalue weighted by atomic mass is 16.2. The van der Waals surface area contributed by atoms with Crippen molar-refractivity contribution in [1.29, 1.82) is 0 Å². The van der Waals surface area contributed by atoms with E-state index in [9.17, 15) is 9.59 Å². The average Bonchev–Trinajstić information content (AvgIpc) is 3.13. The first kappa shape index (κ1) is 22.2. The lowest BCUT2D eigenvalue weighted by atomic mass is 10.0. The number of nitrogens with zero attached hydrogens (tertiary/aromatic N) is 5. The number of amides is 2. The normalized spacial score (nSPS) is 16.3. The quantitative estimate of drug-likeness (QED) is 0.400. The molecule has 2 amide bonds. The number of piperazine rings is 1. The maximum atomic E-state index is 12.7. The zero-order valence-electron chi connectivity index (χ0n) is 19.5. The number of carbonyl (C=O) groups is 2. The van der Waals surface area contributed by atoms with Crippen molar-refractivity contribution >= 4 is 17.8 Å². The van der Waals surface area contributed by atoms with Crippen LogP contribution < -0.4 is 4.90 Å². The summed E-state index contributed by atoms with van der Waals surface area (Å²) in [4.78, 5) is 40.5. The Labute approximate surface area is 200 Å². The van der Waals surface area contributed by atoms with Crippen LogP contribution in [0, 0.1) is 6.92 Å². The van der Waals surface area contributed by atoms with Crippen molar-refractivity contribution in [2.75, 3.05) is 44.2 Å². The van der Waals surface area contributed by atoms with E-state index in [0.29, 0.717) is 17.7 Å². The molecule has 0 spiro atoms. The van der Waals surface area contributed by atoms with Gasteiger partial charge >= 0.3 is 0 Å². The Morgan fingerprint density at radius 3 is 2.18 bits per heavy atom. The van der Waals surface area contributed by atoms with Crippen LogP contribution in [0.1, 0.15) is 39.1 Å². The van der Waals surface area contributed by atoms with E-state index in [1.807, 2.05) is 49.6 Å². The van der Waals surface area contributed by atoms with Crippen LogP contribution >= 0.6 is 0 Å². The maximum Gasteiger partial charge on any atom is 0.261 e. The molecule has 2 aromatic carbocycles. The molecule has 0 bridgehead atoms. The van der Waals surface area contributed by atoms with Gasteiger partial charge in [-0.3, -0.25) is 19.4 Å². The van der Waals surface area contributed by atoms with E-state index in [1.165, 1.54) is 4.90 Å². The van der Waals surface area contributed by atoms with Crippen LogP contribution in [0.15, 0.2) is 60.9 Å². The molecule has 0 atom stereocenters. The summed E-state index contributed by atoms with van der Waals surface area (Å²) in [5.74, 6) is 0.473. The van der Waals surface area contributed by atoms with E-state index >= 15 is 0 Å². The highest BCUT2D eigenvalue weighted by molar-refractivity contribution is 6.22. The van der Waals surface area contributed by atoms with Gasteiger partial charge in [0.2, 0.25) is 5.95 Å². The molecule has 1 fully saturated rings. The molecule has 1 saturated heterocycles. The summed E-state index contributed by atoms with van der Waals surface area (Å²) in [5.41, 5.74) is 4.13. The van der Waals surface area contributed by atoms with Crippen LogP contribution in [0.4, 0.5) is 5.95 Å². The van der Waals surface area contributed by atoms with Gasteiger partial charge in [-0.2, -0.15) is 0 Å². The number of anilines is 1. The van der Waals surface area contributed by atoms with Crippen LogP contribution in [0.2, 0.25) is 0 Å². The van der Waals surface area contributed by atoms with Crippen molar-refractivity contribution in [3.05, 3.63) is 77.6 Å². The van der Waals surface area contributed by atoms with E-state index < -0.39 is 0 Å². The Morgan fingerprint density at radius 1 is 0.765 bits per heavy atom. The number of aromatic nitrogens is 2. The SMILES string of the molecule is Cc1cccc2c1C(=O)N(CCCCN1CCN(c3ncc(-c4ccccc4)cn3)CC1)C2=O. The van der Waals surface area contributed by atoms with E-state index in [1.54, 1.807) is 6.07 Å². The molecule has 0 radical (unpaired) electrons. The van der Waals surface area contributed by atoms with Gasteiger partial charge in [0.05, 0.1) is 11.1 Å². The zero-order chi connectivity index (χ0) is 23.5. The summed E-state index contributed by atoms with van der Waals surface area (Å²) in [5, 5.41) is 0. The molecule has 0 unspecified atom stereocenters. The van der Waals surface area contributed by atoms with E-state index in [4.69, 9.17) is 0 Å². The third-order valence-corrected chi connectivity index (χ3v) is 6.71. The molecular formula is C27H29N5O2. The molecule has 5 rings (SSSR count). The van der Waals surface area contributed by atoms with E-state index in [2.05, 4.69) is 31.9 Å². The number of fused-ring (bicyclic) bond motifs is 1. The number of rotatable bonds is 7. The number of hydrogen-bond donors (Lipinski definition) is 0. The van der Waals surface area contributed by atoms with Gasteiger partial charge in [-0.1, -0.05) is 42.5 Å². The predicted molar refractivity (Wildman–Crippen MR) is 132 cm³/mol. The van der Waals surface area contributed by atoms with Gasteiger partial charge in [0, 0.05) is 50.7 Å². The molecule has 174 valence electrons. The zero-order valence-corrected chi connectivity index (χ0v) is 19.5. The second kappa shape index (κ2) is 9.73. The number of benzene rings is 2. The van der Waals surface area contributed by atoms with Gasteiger partial charge in [-0.15, -0.1) is 0 Å². The average molecular weight is 456 g/mol. The molecule has 7 nitrogen and oxygen atoms in total. The minimum absolute atomic E-state index is 0.148. The number of aryl methyl sites for hydroxylation is 1. The maximum absolute atomic E-state index is 12.7. The van der Waals surface area contributed by atoms with Gasteiger partial charge in [-0.05, 0) is 43.5 Å². The summed E-state index contributed by atoms with van der Waals surface area (Å²) in [6.45, 7) is 7.02. The molecule has 2 aliphatic heterocycles. The minimum Gasteiger partial charge on any atom is -0.338 e. The highest BCUT2D eigenvalue weighted by Crippen LogP contribution is 2.26. The first-order valence-electron chi connectivity index (χ1n) is 11.9. The predicted octanol–water partition coefficient (Wildman–Crippen LogP) is 3.65. The van der Waals surface area contributed by atoms with Crippen molar-refractivity contribution in [1.82, 2.24) is 19.8 Å². The van der Waals surface area contributed by atoms with Crippen molar-refractivity contribution in [3.63, 3.8) is 0 Å². The topological polar surface area (TPSA) is 69.6 Å². The van der Waals surface area contributed by atoms with Crippen LogP contribution in [-0.2, 0) is 0 Å². The monoisotopic (exact) mass is 455 g/mol. The van der Waals surface area contributed by atoms with Crippen molar-refractivity contribution in [2.24, 2.45) is 0 Å². The van der Waals surface area contributed by atoms with Gasteiger partial charge in [0.25, 0.3) is 11.8 Å². The van der Waals surface area contributed by atoms with Crippen molar-refractivity contribution < 1.29 is 9.59 Å². The third kappa shape index (κ3) is 4.43. The number of carbonyl (C=O) groups excluding carboxylic acids is 2. The van der Waals surface area contributed by atoms with Crippen LogP contribution in [0.3, 0.4) is 0 Å². The van der Waals surface area contributed by atoms with Crippen molar-refractivity contribution in [3.8, 4) is 11.1 Å². The molecular weight excluding hydrogens is 426 g/mol. The Morgan fingerprint density at radius 2 is 1.47 bits per heavy atom.